The molecule has 0 radical (unpaired) electrons. The summed E-state index contributed by atoms with van der Waals surface area (Å²) in [5, 5.41) is 3.11. The predicted molar refractivity (Wildman–Crippen MR) is 62.7 cm³/mol. The zero-order valence-corrected chi connectivity index (χ0v) is 9.53. The second-order valence-electron chi connectivity index (χ2n) is 4.18. The van der Waals surface area contributed by atoms with Crippen LogP contribution in [0.4, 0.5) is 4.39 Å². The van der Waals surface area contributed by atoms with Crippen LogP contribution in [-0.2, 0) is 11.3 Å². The number of primary amides is 1. The van der Waals surface area contributed by atoms with Crippen LogP contribution in [-0.4, -0.2) is 36.5 Å². The molecule has 0 saturated carbocycles. The molecule has 3 N–H and O–H groups in total. The van der Waals surface area contributed by atoms with Gasteiger partial charge in [-0.2, -0.15) is 0 Å². The van der Waals surface area contributed by atoms with Gasteiger partial charge in [0.25, 0.3) is 0 Å². The minimum absolute atomic E-state index is 0.241. The summed E-state index contributed by atoms with van der Waals surface area (Å²) in [6.07, 6.45) is 0. The second kappa shape index (κ2) is 5.25. The van der Waals surface area contributed by atoms with Crippen molar-refractivity contribution in [2.75, 3.05) is 19.6 Å². The van der Waals surface area contributed by atoms with E-state index in [9.17, 15) is 9.18 Å². The Hall–Kier alpha value is -1.46. The third-order valence-corrected chi connectivity index (χ3v) is 3.01. The van der Waals surface area contributed by atoms with Crippen molar-refractivity contribution in [1.82, 2.24) is 10.2 Å². The summed E-state index contributed by atoms with van der Waals surface area (Å²) in [4.78, 5) is 13.2. The van der Waals surface area contributed by atoms with Crippen molar-refractivity contribution < 1.29 is 9.18 Å². The normalized spacial score (nSPS) is 21.4. The fourth-order valence-corrected chi connectivity index (χ4v) is 2.06. The molecule has 1 amide bonds. The molecule has 2 rings (SSSR count). The van der Waals surface area contributed by atoms with Gasteiger partial charge in [0, 0.05) is 31.7 Å². The molecule has 0 aliphatic carbocycles. The number of hydrogen-bond acceptors (Lipinski definition) is 3. The van der Waals surface area contributed by atoms with Crippen LogP contribution in [0.15, 0.2) is 24.3 Å². The highest BCUT2D eigenvalue weighted by Gasteiger charge is 2.27. The highest BCUT2D eigenvalue weighted by atomic mass is 19.1. The fraction of sp³-hybridized carbons (Fsp3) is 0.417. The molecule has 1 unspecified atom stereocenters. The number of nitrogens with two attached hydrogens (primary N) is 1. The molecule has 1 atom stereocenters. The zero-order valence-electron chi connectivity index (χ0n) is 9.53. The van der Waals surface area contributed by atoms with Crippen LogP contribution in [0.5, 0.6) is 0 Å². The molecular weight excluding hydrogens is 221 g/mol. The molecule has 5 heteroatoms. The molecular formula is C12H16FN3O. The molecule has 1 heterocycles. The Kier molecular flexibility index (Phi) is 3.71. The summed E-state index contributed by atoms with van der Waals surface area (Å²) in [6.45, 7) is 2.44. The Morgan fingerprint density at radius 2 is 2.29 bits per heavy atom. The number of nitrogens with one attached hydrogen (secondary N) is 1. The van der Waals surface area contributed by atoms with Crippen molar-refractivity contribution in [3.63, 3.8) is 0 Å². The summed E-state index contributed by atoms with van der Waals surface area (Å²) in [7, 11) is 0. The molecule has 1 fully saturated rings. The Morgan fingerprint density at radius 1 is 1.53 bits per heavy atom. The molecule has 0 spiro atoms. The van der Waals surface area contributed by atoms with Gasteiger partial charge in [-0.3, -0.25) is 9.69 Å². The van der Waals surface area contributed by atoms with E-state index in [4.69, 9.17) is 5.73 Å². The number of carbonyl (C=O) groups is 1. The van der Waals surface area contributed by atoms with E-state index in [1.165, 1.54) is 6.07 Å². The van der Waals surface area contributed by atoms with E-state index < -0.39 is 0 Å². The van der Waals surface area contributed by atoms with Gasteiger partial charge in [-0.15, -0.1) is 0 Å². The smallest absolute Gasteiger partial charge is 0.236 e. The highest BCUT2D eigenvalue weighted by Crippen LogP contribution is 2.13. The predicted octanol–water partition coefficient (Wildman–Crippen LogP) is 0.0848. The van der Waals surface area contributed by atoms with Gasteiger partial charge < -0.3 is 11.1 Å². The van der Waals surface area contributed by atoms with E-state index in [2.05, 4.69) is 5.32 Å². The minimum atomic E-state index is -0.367. The Bertz CT molecular complexity index is 410. The zero-order chi connectivity index (χ0) is 12.3. The average molecular weight is 237 g/mol. The molecule has 0 bridgehead atoms. The first kappa shape index (κ1) is 12.0. The molecule has 1 saturated heterocycles. The Labute approximate surface area is 99.6 Å². The quantitative estimate of drug-likeness (QED) is 0.783. The molecule has 17 heavy (non-hydrogen) atoms. The van der Waals surface area contributed by atoms with Crippen LogP contribution in [0.25, 0.3) is 0 Å². The minimum Gasteiger partial charge on any atom is -0.368 e. The van der Waals surface area contributed by atoms with Crippen molar-refractivity contribution >= 4 is 5.91 Å². The number of nitrogens with zero attached hydrogens (tertiary/aromatic N) is 1. The van der Waals surface area contributed by atoms with Gasteiger partial charge in [0.15, 0.2) is 0 Å². The lowest BCUT2D eigenvalue weighted by molar-refractivity contribution is -0.124. The van der Waals surface area contributed by atoms with Gasteiger partial charge in [0.2, 0.25) is 5.91 Å². The van der Waals surface area contributed by atoms with Crippen molar-refractivity contribution in [3.8, 4) is 0 Å². The lowest BCUT2D eigenvalue weighted by Crippen LogP contribution is -2.56. The summed E-state index contributed by atoms with van der Waals surface area (Å²) in [5.74, 6) is -0.609. The van der Waals surface area contributed by atoms with E-state index in [0.29, 0.717) is 25.2 Å². The molecule has 1 aliphatic heterocycles. The third kappa shape index (κ3) is 2.81. The van der Waals surface area contributed by atoms with E-state index in [0.717, 1.165) is 6.54 Å². The topological polar surface area (TPSA) is 58.4 Å². The van der Waals surface area contributed by atoms with Crippen LogP contribution >= 0.6 is 0 Å². The molecule has 1 aromatic rings. The number of carbonyl (C=O) groups excluding carboxylic acids is 1. The fourth-order valence-electron chi connectivity index (χ4n) is 2.06. The second-order valence-corrected chi connectivity index (χ2v) is 4.18. The number of benzene rings is 1. The Balaban J connectivity index is 2.11. The molecule has 1 aromatic carbocycles. The standard InChI is InChI=1S/C12H16FN3O/c13-10-4-2-1-3-9(10)8-16-6-5-15-7-11(16)12(14)17/h1-4,11,15H,5-8H2,(H2,14,17). The van der Waals surface area contributed by atoms with Gasteiger partial charge >= 0.3 is 0 Å². The number of hydrogen-bond donors (Lipinski definition) is 2. The van der Waals surface area contributed by atoms with Crippen molar-refractivity contribution in [1.29, 1.82) is 0 Å². The monoisotopic (exact) mass is 237 g/mol. The largest absolute Gasteiger partial charge is 0.368 e. The van der Waals surface area contributed by atoms with Crippen LogP contribution in [0.2, 0.25) is 0 Å². The molecule has 92 valence electrons. The number of piperazine rings is 1. The van der Waals surface area contributed by atoms with E-state index >= 15 is 0 Å². The number of halogens is 1. The number of amides is 1. The van der Waals surface area contributed by atoms with Crippen molar-refractivity contribution in [3.05, 3.63) is 35.6 Å². The van der Waals surface area contributed by atoms with Crippen LogP contribution < -0.4 is 11.1 Å². The summed E-state index contributed by atoms with van der Waals surface area (Å²) < 4.78 is 13.5. The summed E-state index contributed by atoms with van der Waals surface area (Å²) in [6, 6.07) is 6.25. The lowest BCUT2D eigenvalue weighted by atomic mass is 10.1. The van der Waals surface area contributed by atoms with Gasteiger partial charge in [0.05, 0.1) is 0 Å². The Morgan fingerprint density at radius 3 is 3.00 bits per heavy atom. The SMILES string of the molecule is NC(=O)C1CNCCN1Cc1ccccc1F. The van der Waals surface area contributed by atoms with E-state index in [1.54, 1.807) is 18.2 Å². The molecule has 0 aromatic heterocycles. The lowest BCUT2D eigenvalue weighted by Gasteiger charge is -2.34. The van der Waals surface area contributed by atoms with Gasteiger partial charge in [-0.05, 0) is 6.07 Å². The van der Waals surface area contributed by atoms with Crippen molar-refractivity contribution in [2.45, 2.75) is 12.6 Å². The van der Waals surface area contributed by atoms with Gasteiger partial charge in [-0.25, -0.2) is 4.39 Å². The first-order valence-corrected chi connectivity index (χ1v) is 5.66. The first-order chi connectivity index (χ1) is 8.18. The molecule has 4 nitrogen and oxygen atoms in total. The van der Waals surface area contributed by atoms with Crippen LogP contribution in [0.3, 0.4) is 0 Å². The van der Waals surface area contributed by atoms with Crippen LogP contribution in [0, 0.1) is 5.82 Å². The summed E-state index contributed by atoms with van der Waals surface area (Å²) in [5.41, 5.74) is 5.93. The summed E-state index contributed by atoms with van der Waals surface area (Å²) >= 11 is 0. The van der Waals surface area contributed by atoms with E-state index in [-0.39, 0.29) is 17.8 Å². The van der Waals surface area contributed by atoms with Crippen LogP contribution in [0.1, 0.15) is 5.56 Å². The maximum absolute atomic E-state index is 13.5. The maximum atomic E-state index is 13.5. The molecule has 1 aliphatic rings. The maximum Gasteiger partial charge on any atom is 0.236 e. The highest BCUT2D eigenvalue weighted by molar-refractivity contribution is 5.80. The average Bonchev–Trinajstić information content (AvgIpc) is 2.32. The first-order valence-electron chi connectivity index (χ1n) is 5.66. The van der Waals surface area contributed by atoms with Gasteiger partial charge in [-0.1, -0.05) is 18.2 Å². The number of rotatable bonds is 3. The third-order valence-electron chi connectivity index (χ3n) is 3.01. The van der Waals surface area contributed by atoms with Gasteiger partial charge in [0.1, 0.15) is 11.9 Å². The van der Waals surface area contributed by atoms with Crippen molar-refractivity contribution in [2.24, 2.45) is 5.73 Å². The van der Waals surface area contributed by atoms with E-state index in [1.807, 2.05) is 4.90 Å².